The molecular formula is C20H23N7. The Kier molecular flexibility index (Phi) is 3.63. The number of aryl methyl sites for hydroxylation is 2. The van der Waals surface area contributed by atoms with E-state index in [0.29, 0.717) is 11.9 Å². The monoisotopic (exact) mass is 361 g/mol. The summed E-state index contributed by atoms with van der Waals surface area (Å²) in [6.45, 7) is 3.92. The second-order valence-electron chi connectivity index (χ2n) is 7.53. The molecule has 27 heavy (non-hydrogen) atoms. The van der Waals surface area contributed by atoms with Crippen LogP contribution >= 0.6 is 0 Å². The largest absolute Gasteiger partial charge is 0.361 e. The van der Waals surface area contributed by atoms with E-state index in [2.05, 4.69) is 43.5 Å². The fourth-order valence-corrected chi connectivity index (χ4v) is 4.28. The van der Waals surface area contributed by atoms with E-state index in [9.17, 15) is 0 Å². The lowest BCUT2D eigenvalue weighted by atomic mass is 9.87. The molecule has 1 aliphatic carbocycles. The zero-order valence-electron chi connectivity index (χ0n) is 15.7. The Balaban J connectivity index is 1.60. The molecule has 1 fully saturated rings. The van der Waals surface area contributed by atoms with Crippen LogP contribution in [0, 0.1) is 13.8 Å². The zero-order valence-corrected chi connectivity index (χ0v) is 15.7. The van der Waals surface area contributed by atoms with Crippen LogP contribution in [0.15, 0.2) is 30.3 Å². The molecule has 0 radical (unpaired) electrons. The van der Waals surface area contributed by atoms with E-state index in [0.717, 1.165) is 41.3 Å². The van der Waals surface area contributed by atoms with Gasteiger partial charge in [0.25, 0.3) is 0 Å². The highest BCUT2D eigenvalue weighted by atomic mass is 15.5. The number of aromatic nitrogens is 5. The highest BCUT2D eigenvalue weighted by molar-refractivity contribution is 5.77. The highest BCUT2D eigenvalue weighted by Crippen LogP contribution is 2.44. The third-order valence-corrected chi connectivity index (χ3v) is 5.43. The van der Waals surface area contributed by atoms with Crippen molar-refractivity contribution in [3.05, 3.63) is 41.7 Å². The molecule has 7 heteroatoms. The maximum absolute atomic E-state index is 4.83. The van der Waals surface area contributed by atoms with Crippen molar-refractivity contribution >= 4 is 17.6 Å². The summed E-state index contributed by atoms with van der Waals surface area (Å²) in [4.78, 5) is 13.7. The van der Waals surface area contributed by atoms with Crippen molar-refractivity contribution in [3.63, 3.8) is 0 Å². The molecule has 1 aromatic carbocycles. The first kappa shape index (κ1) is 16.2. The van der Waals surface area contributed by atoms with E-state index in [-0.39, 0.29) is 5.66 Å². The van der Waals surface area contributed by atoms with Gasteiger partial charge in [-0.25, -0.2) is 14.6 Å². The number of nitrogens with zero attached hydrogens (tertiary/aromatic N) is 5. The van der Waals surface area contributed by atoms with Gasteiger partial charge in [-0.2, -0.15) is 4.98 Å². The lowest BCUT2D eigenvalue weighted by molar-refractivity contribution is 0.209. The molecule has 1 spiro atoms. The molecule has 1 saturated carbocycles. The molecule has 0 amide bonds. The fourth-order valence-electron chi connectivity index (χ4n) is 4.28. The van der Waals surface area contributed by atoms with Crippen molar-refractivity contribution in [2.45, 2.75) is 51.6 Å². The van der Waals surface area contributed by atoms with Crippen LogP contribution in [0.1, 0.15) is 43.5 Å². The number of para-hydroxylation sites is 1. The van der Waals surface area contributed by atoms with Gasteiger partial charge in [0.2, 0.25) is 11.9 Å². The number of nitrogens with one attached hydrogen (secondary N) is 2. The summed E-state index contributed by atoms with van der Waals surface area (Å²) in [5.74, 6) is 1.98. The quantitative estimate of drug-likeness (QED) is 0.714. The molecule has 2 aliphatic rings. The molecule has 3 heterocycles. The molecular weight excluding hydrogens is 338 g/mol. The third kappa shape index (κ3) is 2.74. The van der Waals surface area contributed by atoms with Crippen molar-refractivity contribution in [3.8, 4) is 11.4 Å². The molecule has 7 nitrogen and oxygen atoms in total. The molecule has 3 aromatic rings. The lowest BCUT2D eigenvalue weighted by Crippen LogP contribution is -2.46. The Bertz CT molecular complexity index is 981. The summed E-state index contributed by atoms with van der Waals surface area (Å²) in [7, 11) is 0. The summed E-state index contributed by atoms with van der Waals surface area (Å²) in [6, 6.07) is 10.3. The van der Waals surface area contributed by atoms with Crippen LogP contribution in [-0.4, -0.2) is 24.7 Å². The molecule has 0 bridgehead atoms. The number of hydrogen-bond acceptors (Lipinski definition) is 6. The first-order valence-electron chi connectivity index (χ1n) is 9.57. The van der Waals surface area contributed by atoms with E-state index >= 15 is 0 Å². The second-order valence-corrected chi connectivity index (χ2v) is 7.53. The summed E-state index contributed by atoms with van der Waals surface area (Å²) in [5.41, 5.74) is 3.86. The van der Waals surface area contributed by atoms with E-state index in [1.54, 1.807) is 0 Å². The Morgan fingerprint density at radius 2 is 1.70 bits per heavy atom. The number of anilines is 3. The van der Waals surface area contributed by atoms with Crippen LogP contribution in [0.25, 0.3) is 11.4 Å². The lowest BCUT2D eigenvalue weighted by Gasteiger charge is -2.42. The Labute approximate surface area is 158 Å². The average Bonchev–Trinajstić information content (AvgIpc) is 3.07. The van der Waals surface area contributed by atoms with Crippen LogP contribution in [-0.2, 0) is 5.66 Å². The van der Waals surface area contributed by atoms with Crippen molar-refractivity contribution in [1.82, 2.24) is 24.7 Å². The van der Waals surface area contributed by atoms with Gasteiger partial charge in [-0.05, 0) is 57.7 Å². The zero-order chi connectivity index (χ0) is 18.4. The van der Waals surface area contributed by atoms with Gasteiger partial charge in [0.05, 0.1) is 0 Å². The fraction of sp³-hybridized carbons (Fsp3) is 0.400. The topological polar surface area (TPSA) is 80.5 Å². The number of fused-ring (bicyclic) bond motifs is 4. The Morgan fingerprint density at radius 3 is 2.48 bits per heavy atom. The van der Waals surface area contributed by atoms with E-state index in [4.69, 9.17) is 10.1 Å². The van der Waals surface area contributed by atoms with Crippen molar-refractivity contribution in [2.75, 3.05) is 10.6 Å². The predicted octanol–water partition coefficient (Wildman–Crippen LogP) is 4.14. The summed E-state index contributed by atoms with van der Waals surface area (Å²) in [6.07, 6.45) is 5.76. The molecule has 0 saturated heterocycles. The van der Waals surface area contributed by atoms with Gasteiger partial charge in [-0.3, -0.25) is 5.32 Å². The van der Waals surface area contributed by atoms with Crippen LogP contribution < -0.4 is 10.6 Å². The van der Waals surface area contributed by atoms with E-state index in [1.165, 1.54) is 19.3 Å². The summed E-state index contributed by atoms with van der Waals surface area (Å²) in [5, 5.41) is 11.8. The molecule has 5 rings (SSSR count). The number of rotatable bonds is 2. The van der Waals surface area contributed by atoms with Gasteiger partial charge in [-0.1, -0.05) is 18.6 Å². The molecule has 0 unspecified atom stereocenters. The maximum atomic E-state index is 4.83. The summed E-state index contributed by atoms with van der Waals surface area (Å²) < 4.78 is 2.08. The van der Waals surface area contributed by atoms with Crippen LogP contribution in [0.5, 0.6) is 0 Å². The van der Waals surface area contributed by atoms with Crippen LogP contribution in [0.4, 0.5) is 17.6 Å². The Morgan fingerprint density at radius 1 is 0.963 bits per heavy atom. The van der Waals surface area contributed by atoms with Gasteiger partial charge in [0.15, 0.2) is 5.82 Å². The minimum absolute atomic E-state index is 0.196. The van der Waals surface area contributed by atoms with Gasteiger partial charge in [0.1, 0.15) is 5.66 Å². The van der Waals surface area contributed by atoms with E-state index in [1.807, 2.05) is 26.0 Å². The minimum Gasteiger partial charge on any atom is -0.361 e. The van der Waals surface area contributed by atoms with Gasteiger partial charge >= 0.3 is 0 Å². The maximum Gasteiger partial charge on any atom is 0.249 e. The first-order chi connectivity index (χ1) is 13.1. The normalized spacial score (nSPS) is 17.1. The van der Waals surface area contributed by atoms with Crippen molar-refractivity contribution in [2.24, 2.45) is 0 Å². The van der Waals surface area contributed by atoms with Crippen molar-refractivity contribution in [1.29, 1.82) is 0 Å². The molecule has 2 N–H and O–H groups in total. The molecule has 0 atom stereocenters. The smallest absolute Gasteiger partial charge is 0.249 e. The summed E-state index contributed by atoms with van der Waals surface area (Å²) >= 11 is 0. The van der Waals surface area contributed by atoms with Gasteiger partial charge in [0, 0.05) is 22.6 Å². The van der Waals surface area contributed by atoms with Crippen LogP contribution in [0.2, 0.25) is 0 Å². The second kappa shape index (κ2) is 6.04. The van der Waals surface area contributed by atoms with Gasteiger partial charge < -0.3 is 5.32 Å². The molecule has 2 aromatic heterocycles. The number of hydrogen-bond donors (Lipinski definition) is 2. The predicted molar refractivity (Wildman–Crippen MR) is 105 cm³/mol. The van der Waals surface area contributed by atoms with E-state index < -0.39 is 0 Å². The number of benzene rings is 1. The SMILES string of the molecule is Cc1cc(C)nc(Nc2nc3n(n2)C2(CCCCC2)Nc2ccccc2-3)n1. The van der Waals surface area contributed by atoms with Crippen molar-refractivity contribution < 1.29 is 0 Å². The molecule has 138 valence electrons. The highest BCUT2D eigenvalue weighted by Gasteiger charge is 2.41. The van der Waals surface area contributed by atoms with Crippen LogP contribution in [0.3, 0.4) is 0 Å². The average molecular weight is 361 g/mol. The Hall–Kier alpha value is -2.96. The molecule has 1 aliphatic heterocycles. The van der Waals surface area contributed by atoms with Gasteiger partial charge in [-0.15, -0.1) is 5.10 Å². The third-order valence-electron chi connectivity index (χ3n) is 5.43. The standard InChI is InChI=1S/C20H23N7/c1-13-12-14(2)22-18(21-13)24-19-23-17-15-8-4-5-9-16(15)25-20(27(17)26-19)10-6-3-7-11-20/h4-5,8-9,12,25H,3,6-7,10-11H2,1-2H3,(H,21,22,24,26). The first-order valence-corrected chi connectivity index (χ1v) is 9.57. The minimum atomic E-state index is -0.196.